The summed E-state index contributed by atoms with van der Waals surface area (Å²) in [6.45, 7) is 7.96. The molecule has 0 spiro atoms. The van der Waals surface area contributed by atoms with E-state index in [0.29, 0.717) is 40.3 Å². The highest BCUT2D eigenvalue weighted by Gasteiger charge is 2.35. The third-order valence-corrected chi connectivity index (χ3v) is 9.81. The number of aromatic nitrogens is 2. The summed E-state index contributed by atoms with van der Waals surface area (Å²) in [7, 11) is -6.87. The average molecular weight is 449 g/mol. The average Bonchev–Trinajstić information content (AvgIpc) is 2.66. The fourth-order valence-corrected chi connectivity index (χ4v) is 7.92. The summed E-state index contributed by atoms with van der Waals surface area (Å²) >= 11 is 0. The Kier molecular flexibility index (Phi) is 5.29. The van der Waals surface area contributed by atoms with E-state index in [2.05, 4.69) is 4.98 Å². The van der Waals surface area contributed by atoms with Crippen LogP contribution in [0.3, 0.4) is 0 Å². The predicted molar refractivity (Wildman–Crippen MR) is 116 cm³/mol. The standard InChI is InChI=1S/C22H28N2O4S2/c1-13(2)18-9-20-15(11-23-18)8-16(12-30(20,27)28)19-10-21-17(22(24-19)14(3)4)6-5-7-29(21,25)26/h9-11,13-14,16H,5-8,12H2,1-4H3. The van der Waals surface area contributed by atoms with Crippen LogP contribution >= 0.6 is 0 Å². The van der Waals surface area contributed by atoms with Crippen LogP contribution in [0, 0.1) is 0 Å². The molecule has 0 radical (unpaired) electrons. The van der Waals surface area contributed by atoms with E-state index < -0.39 is 19.7 Å². The largest absolute Gasteiger partial charge is 0.261 e. The molecule has 4 heterocycles. The van der Waals surface area contributed by atoms with Crippen molar-refractivity contribution in [3.05, 3.63) is 46.5 Å². The van der Waals surface area contributed by atoms with Gasteiger partial charge in [-0.15, -0.1) is 0 Å². The van der Waals surface area contributed by atoms with Crippen molar-refractivity contribution in [1.29, 1.82) is 0 Å². The lowest BCUT2D eigenvalue weighted by atomic mass is 9.93. The summed E-state index contributed by atoms with van der Waals surface area (Å²) in [6.07, 6.45) is 3.45. The third kappa shape index (κ3) is 3.68. The maximum Gasteiger partial charge on any atom is 0.179 e. The van der Waals surface area contributed by atoms with Crippen LogP contribution in [-0.4, -0.2) is 38.3 Å². The van der Waals surface area contributed by atoms with Crippen molar-refractivity contribution >= 4 is 19.7 Å². The van der Waals surface area contributed by atoms with Crippen LogP contribution in [0.15, 0.2) is 28.1 Å². The quantitative estimate of drug-likeness (QED) is 0.713. The lowest BCUT2D eigenvalue weighted by molar-refractivity contribution is 0.567. The number of pyridine rings is 2. The molecule has 8 heteroatoms. The minimum atomic E-state index is -3.51. The molecule has 0 amide bonds. The molecule has 0 aromatic carbocycles. The Morgan fingerprint density at radius 2 is 1.70 bits per heavy atom. The minimum absolute atomic E-state index is 0.0646. The van der Waals surface area contributed by atoms with Crippen LogP contribution in [0.5, 0.6) is 0 Å². The van der Waals surface area contributed by atoms with Gasteiger partial charge in [0.15, 0.2) is 19.7 Å². The first-order valence-electron chi connectivity index (χ1n) is 10.5. The summed E-state index contributed by atoms with van der Waals surface area (Å²) in [5.74, 6) is -0.104. The Balaban J connectivity index is 1.83. The van der Waals surface area contributed by atoms with Gasteiger partial charge in [-0.25, -0.2) is 16.8 Å². The van der Waals surface area contributed by atoms with Gasteiger partial charge in [0.05, 0.1) is 21.3 Å². The molecule has 0 bridgehead atoms. The highest BCUT2D eigenvalue weighted by molar-refractivity contribution is 7.91. The second-order valence-electron chi connectivity index (χ2n) is 9.04. The number of nitrogens with zero attached hydrogens (tertiary/aromatic N) is 2. The Morgan fingerprint density at radius 3 is 2.37 bits per heavy atom. The lowest BCUT2D eigenvalue weighted by Gasteiger charge is -2.28. The normalized spacial score (nSPS) is 22.0. The van der Waals surface area contributed by atoms with E-state index in [1.54, 1.807) is 18.3 Å². The molecule has 0 saturated carbocycles. The molecule has 162 valence electrons. The van der Waals surface area contributed by atoms with E-state index in [0.717, 1.165) is 17.0 Å². The minimum Gasteiger partial charge on any atom is -0.261 e. The highest BCUT2D eigenvalue weighted by Crippen LogP contribution is 2.38. The summed E-state index contributed by atoms with van der Waals surface area (Å²) < 4.78 is 51.7. The Bertz CT molecular complexity index is 1220. The molecule has 2 aliphatic heterocycles. The number of hydrogen-bond donors (Lipinski definition) is 0. The van der Waals surface area contributed by atoms with Gasteiger partial charge in [0.25, 0.3) is 0 Å². The van der Waals surface area contributed by atoms with Crippen LogP contribution in [0.4, 0.5) is 0 Å². The van der Waals surface area contributed by atoms with E-state index in [9.17, 15) is 16.8 Å². The van der Waals surface area contributed by atoms with E-state index in [1.807, 2.05) is 27.7 Å². The summed E-state index contributed by atoms with van der Waals surface area (Å²) in [5, 5.41) is 0. The summed E-state index contributed by atoms with van der Waals surface area (Å²) in [5.41, 5.74) is 3.59. The van der Waals surface area contributed by atoms with Crippen molar-refractivity contribution < 1.29 is 16.8 Å². The maximum atomic E-state index is 13.1. The van der Waals surface area contributed by atoms with Crippen LogP contribution in [-0.2, 0) is 32.5 Å². The smallest absolute Gasteiger partial charge is 0.179 e. The second kappa shape index (κ2) is 7.41. The molecule has 0 aliphatic carbocycles. The third-order valence-electron chi connectivity index (χ3n) is 6.05. The van der Waals surface area contributed by atoms with E-state index in [-0.39, 0.29) is 29.3 Å². The Labute approximate surface area is 179 Å². The number of hydrogen-bond acceptors (Lipinski definition) is 6. The SMILES string of the molecule is CC(C)c1cc2c(cn1)CC(c1cc3c(c(C(C)C)n1)CCCS3(=O)=O)CS2(=O)=O. The molecule has 6 nitrogen and oxygen atoms in total. The number of sulfone groups is 2. The van der Waals surface area contributed by atoms with Gasteiger partial charge in [-0.05, 0) is 54.4 Å². The van der Waals surface area contributed by atoms with Crippen molar-refractivity contribution in [2.45, 2.75) is 74.5 Å². The first-order valence-corrected chi connectivity index (χ1v) is 13.8. The van der Waals surface area contributed by atoms with Crippen molar-refractivity contribution in [1.82, 2.24) is 9.97 Å². The van der Waals surface area contributed by atoms with Crippen molar-refractivity contribution in [3.63, 3.8) is 0 Å². The fourth-order valence-electron chi connectivity index (χ4n) is 4.46. The molecule has 2 aromatic rings. The van der Waals surface area contributed by atoms with Crippen molar-refractivity contribution in [2.75, 3.05) is 11.5 Å². The van der Waals surface area contributed by atoms with Gasteiger partial charge in [-0.1, -0.05) is 27.7 Å². The molecule has 1 atom stereocenters. The molecule has 0 fully saturated rings. The van der Waals surface area contributed by atoms with Gasteiger partial charge >= 0.3 is 0 Å². The van der Waals surface area contributed by atoms with Crippen molar-refractivity contribution in [2.24, 2.45) is 0 Å². The van der Waals surface area contributed by atoms with Gasteiger partial charge in [0.2, 0.25) is 0 Å². The predicted octanol–water partition coefficient (Wildman–Crippen LogP) is 3.56. The first-order chi connectivity index (χ1) is 14.0. The molecular weight excluding hydrogens is 420 g/mol. The monoisotopic (exact) mass is 448 g/mol. The zero-order valence-electron chi connectivity index (χ0n) is 17.8. The second-order valence-corrected chi connectivity index (χ2v) is 13.1. The van der Waals surface area contributed by atoms with Gasteiger partial charge < -0.3 is 0 Å². The number of rotatable bonds is 3. The van der Waals surface area contributed by atoms with E-state index in [1.165, 1.54) is 0 Å². The van der Waals surface area contributed by atoms with Gasteiger partial charge in [0, 0.05) is 29.2 Å². The van der Waals surface area contributed by atoms with Crippen LogP contribution < -0.4 is 0 Å². The topological polar surface area (TPSA) is 94.1 Å². The Hall–Kier alpha value is -1.80. The summed E-state index contributed by atoms with van der Waals surface area (Å²) in [6, 6.07) is 3.33. The number of fused-ring (bicyclic) bond motifs is 2. The van der Waals surface area contributed by atoms with E-state index in [4.69, 9.17) is 4.98 Å². The Morgan fingerprint density at radius 1 is 0.967 bits per heavy atom. The molecule has 2 aliphatic rings. The van der Waals surface area contributed by atoms with Crippen molar-refractivity contribution in [3.8, 4) is 0 Å². The molecule has 4 rings (SSSR count). The fraction of sp³-hybridized carbons (Fsp3) is 0.545. The van der Waals surface area contributed by atoms with Gasteiger partial charge in [-0.3, -0.25) is 9.97 Å². The van der Waals surface area contributed by atoms with Crippen LogP contribution in [0.25, 0.3) is 0 Å². The summed E-state index contributed by atoms with van der Waals surface area (Å²) in [4.78, 5) is 9.95. The molecule has 0 N–H and O–H groups in total. The van der Waals surface area contributed by atoms with Crippen LogP contribution in [0.2, 0.25) is 0 Å². The van der Waals surface area contributed by atoms with E-state index >= 15 is 0 Å². The van der Waals surface area contributed by atoms with Crippen LogP contribution in [0.1, 0.15) is 80.1 Å². The zero-order chi connectivity index (χ0) is 21.8. The molecular formula is C22H28N2O4S2. The molecule has 1 unspecified atom stereocenters. The lowest BCUT2D eigenvalue weighted by Crippen LogP contribution is -2.27. The van der Waals surface area contributed by atoms with Gasteiger partial charge in [0.1, 0.15) is 0 Å². The zero-order valence-corrected chi connectivity index (χ0v) is 19.5. The maximum absolute atomic E-state index is 13.1. The molecule has 2 aromatic heterocycles. The first kappa shape index (κ1) is 21.4. The molecule has 0 saturated heterocycles. The highest BCUT2D eigenvalue weighted by atomic mass is 32.2. The van der Waals surface area contributed by atoms with Gasteiger partial charge in [-0.2, -0.15) is 0 Å². The molecule has 30 heavy (non-hydrogen) atoms.